The lowest BCUT2D eigenvalue weighted by Gasteiger charge is -2.45. The fourth-order valence-corrected chi connectivity index (χ4v) is 4.28. The van der Waals surface area contributed by atoms with E-state index >= 15 is 0 Å². The molecule has 0 fully saturated rings. The molecule has 0 spiro atoms. The van der Waals surface area contributed by atoms with E-state index in [2.05, 4.69) is 5.32 Å². The Labute approximate surface area is 169 Å². The Balaban J connectivity index is 0.00000225. The van der Waals surface area contributed by atoms with E-state index < -0.39 is 28.4 Å². The van der Waals surface area contributed by atoms with E-state index in [1.54, 1.807) is 25.2 Å². The molecule has 0 bridgehead atoms. The van der Waals surface area contributed by atoms with Crippen molar-refractivity contribution in [2.45, 2.75) is 32.0 Å². The standard InChI is InChI=1S/C20H23F2N3O2.ClH/c1-12(2)24-11-25(26,20-15(22)5-4-6-16(20)24)19-14-8-7-13(21)9-17(14)27-18(19)10-23-3;/h4-9,12,18-19,23H,10-11H2,1-3H3;1H/t18-,19+,25?;/m1./s1. The number of anilines is 1. The zero-order valence-electron chi connectivity index (χ0n) is 16.0. The van der Waals surface area contributed by atoms with Crippen LogP contribution in [-0.4, -0.2) is 32.4 Å². The minimum Gasteiger partial charge on any atom is -0.625 e. The van der Waals surface area contributed by atoms with Crippen LogP contribution in [0.4, 0.5) is 20.2 Å². The lowest BCUT2D eigenvalue weighted by molar-refractivity contribution is 0.133. The van der Waals surface area contributed by atoms with E-state index in [9.17, 15) is 14.0 Å². The summed E-state index contributed by atoms with van der Waals surface area (Å²) in [6.45, 7) is 4.43. The molecular weight excluding hydrogens is 388 g/mol. The number of halogens is 3. The van der Waals surface area contributed by atoms with Gasteiger partial charge in [-0.25, -0.2) is 8.78 Å². The van der Waals surface area contributed by atoms with Crippen molar-refractivity contribution in [1.29, 1.82) is 0 Å². The van der Waals surface area contributed by atoms with Gasteiger partial charge >= 0.3 is 0 Å². The number of hydroxylamine groups is 2. The lowest BCUT2D eigenvalue weighted by atomic mass is 10.0. The zero-order valence-corrected chi connectivity index (χ0v) is 16.8. The lowest BCUT2D eigenvalue weighted by Crippen LogP contribution is -2.54. The summed E-state index contributed by atoms with van der Waals surface area (Å²) in [5.41, 5.74) is 1.35. The molecule has 2 aliphatic rings. The van der Waals surface area contributed by atoms with E-state index in [1.165, 1.54) is 18.2 Å². The highest BCUT2D eigenvalue weighted by Gasteiger charge is 2.52. The minimum absolute atomic E-state index is 0. The number of hydrogen-bond donors (Lipinski definition) is 1. The normalized spacial score (nSPS) is 25.3. The number of likely N-dealkylation sites (N-methyl/N-ethyl adjacent to an activating group) is 1. The number of fused-ring (bicyclic) bond motifs is 2. The molecule has 8 heteroatoms. The average Bonchev–Trinajstić information content (AvgIpc) is 3.12. The van der Waals surface area contributed by atoms with Gasteiger partial charge in [0.05, 0.1) is 5.56 Å². The maximum atomic E-state index is 14.9. The molecule has 2 aromatic carbocycles. The molecule has 2 aromatic rings. The summed E-state index contributed by atoms with van der Waals surface area (Å²) in [6.07, 6.45) is -0.524. The van der Waals surface area contributed by atoms with E-state index in [1.807, 2.05) is 18.7 Å². The highest BCUT2D eigenvalue weighted by Crippen LogP contribution is 2.53. The van der Waals surface area contributed by atoms with Crippen LogP contribution >= 0.6 is 12.4 Å². The maximum Gasteiger partial charge on any atom is 0.194 e. The molecule has 152 valence electrons. The van der Waals surface area contributed by atoms with Crippen LogP contribution in [0.15, 0.2) is 36.4 Å². The van der Waals surface area contributed by atoms with Crippen LogP contribution in [0.2, 0.25) is 0 Å². The molecular formula is C20H24ClF2N3O2. The van der Waals surface area contributed by atoms with Crippen LogP contribution in [0.1, 0.15) is 25.5 Å². The predicted molar refractivity (Wildman–Crippen MR) is 109 cm³/mol. The van der Waals surface area contributed by atoms with Crippen molar-refractivity contribution < 1.29 is 13.5 Å². The molecule has 1 unspecified atom stereocenters. The second kappa shape index (κ2) is 7.48. The third-order valence-electron chi connectivity index (χ3n) is 5.42. The van der Waals surface area contributed by atoms with Gasteiger partial charge < -0.3 is 20.2 Å². The highest BCUT2D eigenvalue weighted by atomic mass is 35.5. The summed E-state index contributed by atoms with van der Waals surface area (Å²) in [5.74, 6) is -0.592. The quantitative estimate of drug-likeness (QED) is 0.608. The van der Waals surface area contributed by atoms with Gasteiger partial charge in [0.1, 0.15) is 17.3 Å². The molecule has 0 saturated heterocycles. The van der Waals surface area contributed by atoms with Gasteiger partial charge in [-0.2, -0.15) is 0 Å². The fraction of sp³-hybridized carbons (Fsp3) is 0.400. The molecule has 0 aliphatic carbocycles. The van der Waals surface area contributed by atoms with Gasteiger partial charge in [-0.3, -0.25) is 4.65 Å². The SMILES string of the molecule is CNC[C@H]1Oc2cc(F)ccc2[C@@H]1[N+]1([O-])CN(C(C)C)c2cccc(F)c21.Cl. The second-order valence-corrected chi connectivity index (χ2v) is 7.45. The average molecular weight is 412 g/mol. The molecule has 0 radical (unpaired) electrons. The van der Waals surface area contributed by atoms with Crippen LogP contribution in [0, 0.1) is 16.8 Å². The third kappa shape index (κ3) is 3.03. The van der Waals surface area contributed by atoms with E-state index in [0.29, 0.717) is 23.5 Å². The van der Waals surface area contributed by atoms with Crippen molar-refractivity contribution in [3.05, 3.63) is 58.8 Å². The molecule has 28 heavy (non-hydrogen) atoms. The molecule has 0 aromatic heterocycles. The first-order chi connectivity index (χ1) is 12.9. The summed E-state index contributed by atoms with van der Waals surface area (Å²) in [7, 11) is 1.76. The van der Waals surface area contributed by atoms with Crippen LogP contribution in [0.5, 0.6) is 5.75 Å². The highest BCUT2D eigenvalue weighted by molar-refractivity contribution is 5.85. The van der Waals surface area contributed by atoms with Crippen LogP contribution in [0.25, 0.3) is 0 Å². The van der Waals surface area contributed by atoms with Crippen molar-refractivity contribution in [3.8, 4) is 5.75 Å². The van der Waals surface area contributed by atoms with Crippen molar-refractivity contribution in [3.63, 3.8) is 0 Å². The number of hydrogen-bond acceptors (Lipinski definition) is 4. The van der Waals surface area contributed by atoms with Crippen LogP contribution < -0.4 is 19.6 Å². The third-order valence-corrected chi connectivity index (χ3v) is 5.42. The molecule has 2 aliphatic heterocycles. The summed E-state index contributed by atoms with van der Waals surface area (Å²) in [5, 5.41) is 17.3. The Hall–Kier alpha value is -1.93. The molecule has 0 saturated carbocycles. The van der Waals surface area contributed by atoms with Crippen molar-refractivity contribution in [2.75, 3.05) is 25.2 Å². The molecule has 5 nitrogen and oxygen atoms in total. The first kappa shape index (κ1) is 20.8. The monoisotopic (exact) mass is 411 g/mol. The van der Waals surface area contributed by atoms with Crippen LogP contribution in [0.3, 0.4) is 0 Å². The largest absolute Gasteiger partial charge is 0.625 e. The molecule has 1 N–H and O–H groups in total. The van der Waals surface area contributed by atoms with Gasteiger partial charge in [0.15, 0.2) is 30.3 Å². The van der Waals surface area contributed by atoms with E-state index in [4.69, 9.17) is 4.74 Å². The Kier molecular flexibility index (Phi) is 5.55. The van der Waals surface area contributed by atoms with Gasteiger partial charge in [-0.05, 0) is 45.2 Å². The number of nitrogens with zero attached hydrogens (tertiary/aromatic N) is 2. The minimum atomic E-state index is -0.884. The number of para-hydroxylation sites is 1. The van der Waals surface area contributed by atoms with Crippen LogP contribution in [-0.2, 0) is 0 Å². The molecule has 2 heterocycles. The van der Waals surface area contributed by atoms with E-state index in [0.717, 1.165) is 0 Å². The maximum absolute atomic E-state index is 14.9. The summed E-state index contributed by atoms with van der Waals surface area (Å²) >= 11 is 0. The van der Waals surface area contributed by atoms with Gasteiger partial charge in [0.25, 0.3) is 0 Å². The zero-order chi connectivity index (χ0) is 19.3. The first-order valence-corrected chi connectivity index (χ1v) is 9.12. The van der Waals surface area contributed by atoms with E-state index in [-0.39, 0.29) is 30.8 Å². The smallest absolute Gasteiger partial charge is 0.194 e. The first-order valence-electron chi connectivity index (χ1n) is 9.12. The van der Waals surface area contributed by atoms with Gasteiger partial charge in [0, 0.05) is 18.7 Å². The Morgan fingerprint density at radius 2 is 2.04 bits per heavy atom. The van der Waals surface area contributed by atoms with Crippen molar-refractivity contribution in [1.82, 2.24) is 9.96 Å². The fourth-order valence-electron chi connectivity index (χ4n) is 4.28. The molecule has 0 amide bonds. The molecule has 3 atom stereocenters. The summed E-state index contributed by atoms with van der Waals surface area (Å²) in [4.78, 5) is 1.92. The summed E-state index contributed by atoms with van der Waals surface area (Å²) in [6, 6.07) is 8.28. The number of rotatable bonds is 4. The topological polar surface area (TPSA) is 47.6 Å². The molecule has 4 rings (SSSR count). The second-order valence-electron chi connectivity index (χ2n) is 7.45. The number of benzene rings is 2. The number of quaternary nitrogens is 1. The van der Waals surface area contributed by atoms with Gasteiger partial charge in [-0.15, -0.1) is 12.4 Å². The number of ether oxygens (including phenoxy) is 1. The van der Waals surface area contributed by atoms with Crippen molar-refractivity contribution in [2.24, 2.45) is 0 Å². The Bertz CT molecular complexity index is 883. The van der Waals surface area contributed by atoms with Gasteiger partial charge in [0.2, 0.25) is 0 Å². The summed E-state index contributed by atoms with van der Waals surface area (Å²) < 4.78 is 33.6. The van der Waals surface area contributed by atoms with Crippen molar-refractivity contribution >= 4 is 23.8 Å². The Morgan fingerprint density at radius 3 is 2.71 bits per heavy atom. The number of nitrogens with one attached hydrogen (secondary N) is 1. The Morgan fingerprint density at radius 1 is 1.29 bits per heavy atom. The van der Waals surface area contributed by atoms with Gasteiger partial charge in [-0.1, -0.05) is 6.07 Å². The predicted octanol–water partition coefficient (Wildman–Crippen LogP) is 4.10.